The third-order valence-electron chi connectivity index (χ3n) is 1.61. The third kappa shape index (κ3) is 5.07. The summed E-state index contributed by atoms with van der Waals surface area (Å²) in [5, 5.41) is 2.66. The lowest BCUT2D eigenvalue weighted by atomic mass is 10.1. The van der Waals surface area contributed by atoms with Crippen LogP contribution in [0.1, 0.15) is 26.7 Å². The van der Waals surface area contributed by atoms with Gasteiger partial charge in [-0.3, -0.25) is 4.79 Å². The molecule has 0 saturated carbocycles. The lowest BCUT2D eigenvalue weighted by molar-refractivity contribution is -0.124. The molecule has 0 rings (SSSR count). The van der Waals surface area contributed by atoms with Crippen LogP contribution < -0.4 is 11.1 Å². The van der Waals surface area contributed by atoms with Crippen molar-refractivity contribution in [2.75, 3.05) is 6.54 Å². The second-order valence-electron chi connectivity index (χ2n) is 2.87. The fourth-order valence-corrected chi connectivity index (χ4v) is 0.985. The van der Waals surface area contributed by atoms with Crippen LogP contribution in [0.3, 0.4) is 0 Å². The number of rotatable bonds is 5. The fourth-order valence-electron chi connectivity index (χ4n) is 0.913. The Morgan fingerprint density at radius 3 is 2.67 bits per heavy atom. The van der Waals surface area contributed by atoms with Crippen LogP contribution in [0.5, 0.6) is 0 Å². The van der Waals surface area contributed by atoms with Gasteiger partial charge in [-0.1, -0.05) is 32.5 Å². The van der Waals surface area contributed by atoms with Crippen LogP contribution in [-0.4, -0.2) is 17.4 Å². The number of hydrogen-bond acceptors (Lipinski definition) is 2. The van der Waals surface area contributed by atoms with Gasteiger partial charge in [0.1, 0.15) is 0 Å². The van der Waals surface area contributed by atoms with Crippen LogP contribution in [0.15, 0.2) is 0 Å². The molecule has 70 valence electrons. The zero-order valence-electron chi connectivity index (χ0n) is 7.59. The molecule has 4 heteroatoms. The number of amides is 1. The molecule has 0 radical (unpaired) electrons. The molecule has 1 unspecified atom stereocenters. The smallest absolute Gasteiger partial charge is 0.223 e. The molecule has 0 fully saturated rings. The van der Waals surface area contributed by atoms with Crippen LogP contribution in [0.25, 0.3) is 0 Å². The van der Waals surface area contributed by atoms with E-state index in [-0.39, 0.29) is 11.8 Å². The zero-order chi connectivity index (χ0) is 9.56. The largest absolute Gasteiger partial charge is 0.392 e. The normalized spacial score (nSPS) is 12.2. The predicted octanol–water partition coefficient (Wildman–Crippen LogP) is 0.825. The molecule has 1 amide bonds. The van der Waals surface area contributed by atoms with Gasteiger partial charge in [0.05, 0.1) is 11.5 Å². The van der Waals surface area contributed by atoms with E-state index in [0.29, 0.717) is 11.5 Å². The van der Waals surface area contributed by atoms with Crippen LogP contribution in [0, 0.1) is 5.92 Å². The number of hydrogen-bond donors (Lipinski definition) is 2. The number of nitrogens with one attached hydrogen (secondary N) is 1. The minimum absolute atomic E-state index is 0.0321. The summed E-state index contributed by atoms with van der Waals surface area (Å²) < 4.78 is 0. The summed E-state index contributed by atoms with van der Waals surface area (Å²) in [6, 6.07) is 0. The van der Waals surface area contributed by atoms with Crippen molar-refractivity contribution < 1.29 is 4.79 Å². The van der Waals surface area contributed by atoms with Crippen molar-refractivity contribution in [2.45, 2.75) is 26.7 Å². The lowest BCUT2D eigenvalue weighted by Crippen LogP contribution is -2.35. The third-order valence-corrected chi connectivity index (χ3v) is 1.75. The summed E-state index contributed by atoms with van der Waals surface area (Å²) in [6.07, 6.45) is 1.92. The van der Waals surface area contributed by atoms with Gasteiger partial charge in [-0.05, 0) is 6.42 Å². The molecule has 0 saturated heterocycles. The highest BCUT2D eigenvalue weighted by molar-refractivity contribution is 7.80. The van der Waals surface area contributed by atoms with E-state index in [0.717, 1.165) is 12.8 Å². The summed E-state index contributed by atoms with van der Waals surface area (Å²) >= 11 is 4.63. The molecule has 0 aliphatic heterocycles. The molecular formula is C8H16N2OS. The van der Waals surface area contributed by atoms with Crippen LogP contribution in [-0.2, 0) is 4.79 Å². The van der Waals surface area contributed by atoms with E-state index in [4.69, 9.17) is 5.73 Å². The number of nitrogens with two attached hydrogens (primary N) is 1. The maximum atomic E-state index is 11.2. The van der Waals surface area contributed by atoms with Gasteiger partial charge in [0, 0.05) is 5.92 Å². The van der Waals surface area contributed by atoms with Crippen molar-refractivity contribution in [3.63, 3.8) is 0 Å². The van der Waals surface area contributed by atoms with Gasteiger partial charge in [0.2, 0.25) is 5.91 Å². The van der Waals surface area contributed by atoms with E-state index in [9.17, 15) is 4.79 Å². The number of carbonyl (C=O) groups excluding carboxylic acids is 1. The van der Waals surface area contributed by atoms with Crippen molar-refractivity contribution in [1.29, 1.82) is 0 Å². The van der Waals surface area contributed by atoms with Crippen molar-refractivity contribution in [2.24, 2.45) is 11.7 Å². The first-order valence-corrected chi connectivity index (χ1v) is 4.54. The van der Waals surface area contributed by atoms with Crippen molar-refractivity contribution in [1.82, 2.24) is 5.32 Å². The summed E-state index contributed by atoms with van der Waals surface area (Å²) in [6.45, 7) is 4.26. The van der Waals surface area contributed by atoms with Gasteiger partial charge in [0.25, 0.3) is 0 Å². The van der Waals surface area contributed by atoms with Gasteiger partial charge in [-0.25, -0.2) is 0 Å². The minimum atomic E-state index is 0.0321. The Morgan fingerprint density at radius 1 is 1.67 bits per heavy atom. The molecule has 0 aromatic heterocycles. The first-order valence-electron chi connectivity index (χ1n) is 4.14. The zero-order valence-corrected chi connectivity index (χ0v) is 8.41. The Labute approximate surface area is 78.7 Å². The quantitative estimate of drug-likeness (QED) is 0.628. The van der Waals surface area contributed by atoms with Gasteiger partial charge < -0.3 is 11.1 Å². The lowest BCUT2D eigenvalue weighted by Gasteiger charge is -2.09. The Balaban J connectivity index is 3.64. The van der Waals surface area contributed by atoms with E-state index in [1.807, 2.05) is 6.92 Å². The molecule has 12 heavy (non-hydrogen) atoms. The fraction of sp³-hybridized carbons (Fsp3) is 0.750. The Kier molecular flexibility index (Phi) is 5.62. The van der Waals surface area contributed by atoms with E-state index in [1.54, 1.807) is 0 Å². The average molecular weight is 188 g/mol. The Hall–Kier alpha value is -0.640. The maximum absolute atomic E-state index is 11.2. The van der Waals surface area contributed by atoms with Crippen molar-refractivity contribution >= 4 is 23.1 Å². The van der Waals surface area contributed by atoms with Crippen molar-refractivity contribution in [3.8, 4) is 0 Å². The van der Waals surface area contributed by atoms with Gasteiger partial charge in [-0.15, -0.1) is 0 Å². The predicted molar refractivity (Wildman–Crippen MR) is 53.9 cm³/mol. The second-order valence-corrected chi connectivity index (χ2v) is 3.40. The molecule has 3 nitrogen and oxygen atoms in total. The maximum Gasteiger partial charge on any atom is 0.223 e. The molecule has 0 bridgehead atoms. The summed E-state index contributed by atoms with van der Waals surface area (Å²) in [7, 11) is 0. The summed E-state index contributed by atoms with van der Waals surface area (Å²) in [5.41, 5.74) is 5.23. The standard InChI is InChI=1S/C8H16N2OS/c1-3-4-6(2)8(11)10-5-7(9)12/h6H,3-5H2,1-2H3,(H2,9,12)(H,10,11). The first-order chi connectivity index (χ1) is 5.57. The average Bonchev–Trinajstić information content (AvgIpc) is 2.00. The van der Waals surface area contributed by atoms with Crippen LogP contribution in [0.2, 0.25) is 0 Å². The van der Waals surface area contributed by atoms with Gasteiger partial charge in [-0.2, -0.15) is 0 Å². The molecule has 0 spiro atoms. The van der Waals surface area contributed by atoms with Crippen LogP contribution >= 0.6 is 12.2 Å². The van der Waals surface area contributed by atoms with E-state index in [1.165, 1.54) is 0 Å². The molecule has 3 N–H and O–H groups in total. The van der Waals surface area contributed by atoms with Gasteiger partial charge >= 0.3 is 0 Å². The molecule has 1 atom stereocenters. The Bertz CT molecular complexity index is 170. The SMILES string of the molecule is CCCC(C)C(=O)NCC(N)=S. The topological polar surface area (TPSA) is 55.1 Å². The molecule has 0 aliphatic rings. The monoisotopic (exact) mass is 188 g/mol. The number of carbonyl (C=O) groups is 1. The molecule has 0 heterocycles. The summed E-state index contributed by atoms with van der Waals surface area (Å²) in [4.78, 5) is 11.5. The second kappa shape index (κ2) is 5.94. The highest BCUT2D eigenvalue weighted by Gasteiger charge is 2.10. The van der Waals surface area contributed by atoms with E-state index < -0.39 is 0 Å². The molecule has 0 aliphatic carbocycles. The summed E-state index contributed by atoms with van der Waals surface area (Å²) in [5.74, 6) is 0.0917. The minimum Gasteiger partial charge on any atom is -0.392 e. The number of thiocarbonyl (C=S) groups is 1. The van der Waals surface area contributed by atoms with Gasteiger partial charge in [0.15, 0.2) is 0 Å². The molecule has 0 aromatic carbocycles. The van der Waals surface area contributed by atoms with E-state index >= 15 is 0 Å². The highest BCUT2D eigenvalue weighted by Crippen LogP contribution is 2.03. The molecular weight excluding hydrogens is 172 g/mol. The van der Waals surface area contributed by atoms with E-state index in [2.05, 4.69) is 24.5 Å². The highest BCUT2D eigenvalue weighted by atomic mass is 32.1. The van der Waals surface area contributed by atoms with Crippen LogP contribution in [0.4, 0.5) is 0 Å². The van der Waals surface area contributed by atoms with Crippen molar-refractivity contribution in [3.05, 3.63) is 0 Å². The first kappa shape index (κ1) is 11.4. The Morgan fingerprint density at radius 2 is 2.25 bits per heavy atom. The molecule has 0 aromatic rings.